The summed E-state index contributed by atoms with van der Waals surface area (Å²) in [5.74, 6) is 0.955. The molecule has 1 heterocycles. The highest BCUT2D eigenvalue weighted by Gasteiger charge is 2.19. The van der Waals surface area contributed by atoms with Crippen molar-refractivity contribution < 1.29 is 4.42 Å². The zero-order chi connectivity index (χ0) is 12.0. The van der Waals surface area contributed by atoms with Gasteiger partial charge < -0.3 is 9.73 Å². The molecule has 1 rings (SSSR count). The van der Waals surface area contributed by atoms with E-state index in [1.807, 2.05) is 12.1 Å². The number of hydrogen-bond acceptors (Lipinski definition) is 3. The van der Waals surface area contributed by atoms with Gasteiger partial charge in [0.2, 0.25) is 0 Å². The third-order valence-electron chi connectivity index (χ3n) is 2.77. The number of hydrogen-bond donors (Lipinski definition) is 1. The van der Waals surface area contributed by atoms with Gasteiger partial charge >= 0.3 is 0 Å². The van der Waals surface area contributed by atoms with Gasteiger partial charge in [-0.2, -0.15) is 5.26 Å². The van der Waals surface area contributed by atoms with Crippen molar-refractivity contribution in [3.63, 3.8) is 0 Å². The van der Waals surface area contributed by atoms with Gasteiger partial charge in [-0.05, 0) is 30.9 Å². The summed E-state index contributed by atoms with van der Waals surface area (Å²) in [5.41, 5.74) is 0.149. The van der Waals surface area contributed by atoms with E-state index in [2.05, 4.69) is 32.2 Å². The zero-order valence-electron chi connectivity index (χ0n) is 10.3. The lowest BCUT2D eigenvalue weighted by Gasteiger charge is -2.25. The Hall–Kier alpha value is -1.27. The van der Waals surface area contributed by atoms with Crippen LogP contribution in [0.25, 0.3) is 0 Å². The molecule has 1 aromatic rings. The number of nitrogens with one attached hydrogen (secondary N) is 1. The van der Waals surface area contributed by atoms with Crippen LogP contribution < -0.4 is 5.32 Å². The van der Waals surface area contributed by atoms with Crippen molar-refractivity contribution in [3.05, 3.63) is 24.2 Å². The van der Waals surface area contributed by atoms with Gasteiger partial charge in [-0.25, -0.2) is 0 Å². The first kappa shape index (κ1) is 12.8. The largest absolute Gasteiger partial charge is 0.468 e. The maximum atomic E-state index is 8.57. The summed E-state index contributed by atoms with van der Waals surface area (Å²) in [6.07, 6.45) is 3.22. The maximum absolute atomic E-state index is 8.57. The van der Waals surface area contributed by atoms with Crippen molar-refractivity contribution in [1.82, 2.24) is 5.32 Å². The van der Waals surface area contributed by atoms with Crippen molar-refractivity contribution >= 4 is 0 Å². The topological polar surface area (TPSA) is 49.0 Å². The second-order valence-electron chi connectivity index (χ2n) is 4.94. The summed E-state index contributed by atoms with van der Waals surface area (Å²) >= 11 is 0. The molecule has 0 aromatic carbocycles. The predicted octanol–water partition coefficient (Wildman–Crippen LogP) is 3.26. The summed E-state index contributed by atoms with van der Waals surface area (Å²) in [7, 11) is 0. The molecule has 0 amide bonds. The van der Waals surface area contributed by atoms with Crippen molar-refractivity contribution in [2.24, 2.45) is 5.41 Å². The molecule has 0 aliphatic heterocycles. The van der Waals surface area contributed by atoms with E-state index in [-0.39, 0.29) is 11.5 Å². The van der Waals surface area contributed by atoms with Crippen LogP contribution in [-0.4, -0.2) is 6.54 Å². The average Bonchev–Trinajstić information content (AvgIpc) is 2.77. The van der Waals surface area contributed by atoms with Gasteiger partial charge in [0.05, 0.1) is 18.4 Å². The number of nitriles is 1. The fourth-order valence-electron chi connectivity index (χ4n) is 1.55. The molecule has 1 atom stereocenters. The van der Waals surface area contributed by atoms with Gasteiger partial charge in [0.15, 0.2) is 0 Å². The summed E-state index contributed by atoms with van der Waals surface area (Å²) < 4.78 is 5.33. The highest BCUT2D eigenvalue weighted by atomic mass is 16.3. The lowest BCUT2D eigenvalue weighted by molar-refractivity contribution is 0.294. The second-order valence-corrected chi connectivity index (χ2v) is 4.94. The van der Waals surface area contributed by atoms with Crippen LogP contribution in [0, 0.1) is 16.7 Å². The van der Waals surface area contributed by atoms with Crippen LogP contribution in [-0.2, 0) is 0 Å². The Kier molecular flexibility index (Phi) is 4.57. The summed E-state index contributed by atoms with van der Waals surface area (Å²) in [4.78, 5) is 0. The maximum Gasteiger partial charge on any atom is 0.120 e. The zero-order valence-corrected chi connectivity index (χ0v) is 10.3. The lowest BCUT2D eigenvalue weighted by atomic mass is 9.88. The Balaban J connectivity index is 2.36. The van der Waals surface area contributed by atoms with Gasteiger partial charge in [-0.3, -0.25) is 0 Å². The molecule has 0 spiro atoms. The van der Waals surface area contributed by atoms with Crippen LogP contribution in [0.3, 0.4) is 0 Å². The molecule has 1 N–H and O–H groups in total. The van der Waals surface area contributed by atoms with E-state index in [1.54, 1.807) is 6.26 Å². The molecule has 0 aliphatic carbocycles. The number of furan rings is 1. The molecule has 16 heavy (non-hydrogen) atoms. The van der Waals surface area contributed by atoms with Gasteiger partial charge in [-0.15, -0.1) is 0 Å². The fourth-order valence-corrected chi connectivity index (χ4v) is 1.55. The Morgan fingerprint density at radius 3 is 2.88 bits per heavy atom. The van der Waals surface area contributed by atoms with Crippen LogP contribution in [0.5, 0.6) is 0 Å². The minimum Gasteiger partial charge on any atom is -0.468 e. The molecule has 0 unspecified atom stereocenters. The van der Waals surface area contributed by atoms with Crippen LogP contribution in [0.2, 0.25) is 0 Å². The quantitative estimate of drug-likeness (QED) is 0.800. The first-order valence-corrected chi connectivity index (χ1v) is 5.69. The number of rotatable bonds is 6. The molecule has 0 aliphatic rings. The van der Waals surface area contributed by atoms with Crippen LogP contribution >= 0.6 is 0 Å². The summed E-state index contributed by atoms with van der Waals surface area (Å²) in [6, 6.07) is 6.28. The molecule has 88 valence electrons. The van der Waals surface area contributed by atoms with E-state index in [1.165, 1.54) is 0 Å². The van der Waals surface area contributed by atoms with Gasteiger partial charge in [0.25, 0.3) is 0 Å². The first-order chi connectivity index (χ1) is 7.55. The predicted molar refractivity (Wildman–Crippen MR) is 63.8 cm³/mol. The summed E-state index contributed by atoms with van der Waals surface area (Å²) in [6.45, 7) is 7.31. The van der Waals surface area contributed by atoms with Crippen LogP contribution in [0.4, 0.5) is 0 Å². The molecular formula is C13H20N2O. The highest BCUT2D eigenvalue weighted by Crippen LogP contribution is 2.22. The third kappa shape index (κ3) is 4.08. The smallest absolute Gasteiger partial charge is 0.120 e. The van der Waals surface area contributed by atoms with E-state index >= 15 is 0 Å². The van der Waals surface area contributed by atoms with Gasteiger partial charge in [-0.1, -0.05) is 13.8 Å². The van der Waals surface area contributed by atoms with Gasteiger partial charge in [0, 0.05) is 13.0 Å². The van der Waals surface area contributed by atoms with Crippen molar-refractivity contribution in [1.29, 1.82) is 5.26 Å². The van der Waals surface area contributed by atoms with Crippen molar-refractivity contribution in [2.75, 3.05) is 6.54 Å². The Morgan fingerprint density at radius 1 is 1.56 bits per heavy atom. The molecule has 0 saturated heterocycles. The standard InChI is InChI=1S/C13H20N2O/c1-11(12-6-4-9-16-12)15-10-13(2,3)7-5-8-14/h4,6,9,11,15H,5,7,10H2,1-3H3/t11-/m1/s1. The van der Waals surface area contributed by atoms with Crippen molar-refractivity contribution in [3.8, 4) is 6.07 Å². The summed E-state index contributed by atoms with van der Waals surface area (Å²) in [5, 5.41) is 12.0. The van der Waals surface area contributed by atoms with E-state index in [4.69, 9.17) is 9.68 Å². The van der Waals surface area contributed by atoms with E-state index in [9.17, 15) is 0 Å². The van der Waals surface area contributed by atoms with Gasteiger partial charge in [0.1, 0.15) is 5.76 Å². The molecule has 0 saturated carbocycles. The SMILES string of the molecule is C[C@@H](NCC(C)(C)CCC#N)c1ccco1. The first-order valence-electron chi connectivity index (χ1n) is 5.69. The van der Waals surface area contributed by atoms with Crippen LogP contribution in [0.1, 0.15) is 45.4 Å². The second kappa shape index (κ2) is 5.72. The Labute approximate surface area is 97.5 Å². The van der Waals surface area contributed by atoms with E-state index in [0.717, 1.165) is 18.7 Å². The minimum atomic E-state index is 0.149. The number of nitrogens with zero attached hydrogens (tertiary/aromatic N) is 1. The Bertz CT molecular complexity index is 335. The minimum absolute atomic E-state index is 0.149. The normalized spacial score (nSPS) is 13.4. The van der Waals surface area contributed by atoms with Crippen LogP contribution in [0.15, 0.2) is 22.8 Å². The van der Waals surface area contributed by atoms with E-state index in [0.29, 0.717) is 6.42 Å². The van der Waals surface area contributed by atoms with E-state index < -0.39 is 0 Å². The molecule has 0 bridgehead atoms. The lowest BCUT2D eigenvalue weighted by Crippen LogP contribution is -2.31. The molecule has 0 radical (unpaired) electrons. The molecular weight excluding hydrogens is 200 g/mol. The molecule has 3 nitrogen and oxygen atoms in total. The molecule has 3 heteroatoms. The highest BCUT2D eigenvalue weighted by molar-refractivity contribution is 5.03. The molecule has 0 fully saturated rings. The Morgan fingerprint density at radius 2 is 2.31 bits per heavy atom. The fraction of sp³-hybridized carbons (Fsp3) is 0.615. The monoisotopic (exact) mass is 220 g/mol. The molecule has 1 aromatic heterocycles. The third-order valence-corrected chi connectivity index (χ3v) is 2.77. The average molecular weight is 220 g/mol. The van der Waals surface area contributed by atoms with Crippen molar-refractivity contribution in [2.45, 2.75) is 39.7 Å².